The second-order valence-electron chi connectivity index (χ2n) is 4.65. The molecule has 5 nitrogen and oxygen atoms in total. The Morgan fingerprint density at radius 3 is 3.05 bits per heavy atom. The normalized spacial score (nSPS) is 19.9. The molecule has 0 amide bonds. The molecule has 98 valence electrons. The summed E-state index contributed by atoms with van der Waals surface area (Å²) in [6.07, 6.45) is 2.96. The van der Waals surface area contributed by atoms with Crippen LogP contribution in [0.4, 0.5) is 0 Å². The fraction of sp³-hybridized carbons (Fsp3) is 0.462. The van der Waals surface area contributed by atoms with E-state index in [0.717, 1.165) is 36.4 Å². The van der Waals surface area contributed by atoms with Crippen molar-refractivity contribution in [3.05, 3.63) is 23.8 Å². The lowest BCUT2D eigenvalue weighted by Gasteiger charge is -2.27. The van der Waals surface area contributed by atoms with Crippen LogP contribution in [-0.4, -0.2) is 27.2 Å². The van der Waals surface area contributed by atoms with Crippen molar-refractivity contribution in [2.75, 3.05) is 6.61 Å². The smallest absolute Gasteiger partial charge is 0.142 e. The molecular formula is C13H13ClN4O. The van der Waals surface area contributed by atoms with E-state index >= 15 is 0 Å². The molecule has 1 aliphatic heterocycles. The number of aromatic nitrogens is 3. The van der Waals surface area contributed by atoms with Gasteiger partial charge in [-0.2, -0.15) is 5.26 Å². The van der Waals surface area contributed by atoms with Gasteiger partial charge in [-0.1, -0.05) is 0 Å². The third kappa shape index (κ3) is 2.18. The second kappa shape index (κ2) is 4.80. The molecule has 6 heteroatoms. The molecule has 3 heterocycles. The first-order chi connectivity index (χ1) is 9.19. The van der Waals surface area contributed by atoms with Crippen LogP contribution in [0.15, 0.2) is 12.3 Å². The molecule has 3 rings (SSSR count). The lowest BCUT2D eigenvalue weighted by Crippen LogP contribution is -2.31. The number of rotatable bonds is 3. The van der Waals surface area contributed by atoms with Gasteiger partial charge < -0.3 is 9.30 Å². The summed E-state index contributed by atoms with van der Waals surface area (Å²) in [6.45, 7) is 3.44. The Balaban J connectivity index is 2.09. The van der Waals surface area contributed by atoms with E-state index in [1.807, 2.05) is 17.6 Å². The SMILES string of the molecule is CC(Cl)c1nc2cc(C#N)ncc2n1C[C@@H]1CCO1. The molecule has 1 fully saturated rings. The number of fused-ring (bicyclic) bond motifs is 1. The highest BCUT2D eigenvalue weighted by atomic mass is 35.5. The van der Waals surface area contributed by atoms with Crippen molar-refractivity contribution in [3.8, 4) is 6.07 Å². The van der Waals surface area contributed by atoms with Crippen molar-refractivity contribution in [1.29, 1.82) is 5.26 Å². The van der Waals surface area contributed by atoms with Gasteiger partial charge in [0.2, 0.25) is 0 Å². The number of ether oxygens (including phenoxy) is 1. The average Bonchev–Trinajstić information content (AvgIpc) is 2.71. The van der Waals surface area contributed by atoms with Crippen molar-refractivity contribution in [3.63, 3.8) is 0 Å². The summed E-state index contributed by atoms with van der Waals surface area (Å²) in [5.41, 5.74) is 2.02. The van der Waals surface area contributed by atoms with Crippen LogP contribution in [0.3, 0.4) is 0 Å². The highest BCUT2D eigenvalue weighted by Crippen LogP contribution is 2.26. The molecule has 2 aromatic rings. The number of pyridine rings is 1. The van der Waals surface area contributed by atoms with Crippen LogP contribution in [0.25, 0.3) is 11.0 Å². The molecular weight excluding hydrogens is 264 g/mol. The molecule has 2 atom stereocenters. The number of alkyl halides is 1. The Hall–Kier alpha value is -1.64. The summed E-state index contributed by atoms with van der Waals surface area (Å²) in [4.78, 5) is 8.62. The Bertz CT molecular complexity index is 654. The van der Waals surface area contributed by atoms with E-state index in [9.17, 15) is 0 Å². The minimum atomic E-state index is -0.196. The van der Waals surface area contributed by atoms with Gasteiger partial charge in [0.1, 0.15) is 17.6 Å². The first-order valence-corrected chi connectivity index (χ1v) is 6.64. The lowest BCUT2D eigenvalue weighted by atomic mass is 10.2. The van der Waals surface area contributed by atoms with Gasteiger partial charge in [-0.25, -0.2) is 9.97 Å². The minimum absolute atomic E-state index is 0.196. The Labute approximate surface area is 115 Å². The highest BCUT2D eigenvalue weighted by Gasteiger charge is 2.23. The average molecular weight is 277 g/mol. The van der Waals surface area contributed by atoms with E-state index in [-0.39, 0.29) is 11.5 Å². The van der Waals surface area contributed by atoms with Gasteiger partial charge in [-0.15, -0.1) is 11.6 Å². The molecule has 0 bridgehead atoms. The molecule has 1 aliphatic rings. The number of imidazole rings is 1. The van der Waals surface area contributed by atoms with Crippen molar-refractivity contribution in [2.24, 2.45) is 0 Å². The number of nitriles is 1. The van der Waals surface area contributed by atoms with E-state index in [0.29, 0.717) is 5.69 Å². The number of hydrogen-bond donors (Lipinski definition) is 0. The predicted octanol–water partition coefficient (Wildman–Crippen LogP) is 2.39. The zero-order chi connectivity index (χ0) is 13.4. The van der Waals surface area contributed by atoms with Crippen molar-refractivity contribution in [1.82, 2.24) is 14.5 Å². The third-order valence-corrected chi connectivity index (χ3v) is 3.51. The fourth-order valence-electron chi connectivity index (χ4n) is 2.23. The van der Waals surface area contributed by atoms with Gasteiger partial charge in [-0.05, 0) is 13.3 Å². The topological polar surface area (TPSA) is 63.7 Å². The molecule has 0 radical (unpaired) electrons. The summed E-state index contributed by atoms with van der Waals surface area (Å²) < 4.78 is 7.51. The maximum absolute atomic E-state index is 8.88. The number of nitrogens with zero attached hydrogens (tertiary/aromatic N) is 4. The Morgan fingerprint density at radius 1 is 1.68 bits per heavy atom. The fourth-order valence-corrected chi connectivity index (χ4v) is 2.40. The van der Waals surface area contributed by atoms with Gasteiger partial charge in [-0.3, -0.25) is 0 Å². The predicted molar refractivity (Wildman–Crippen MR) is 70.9 cm³/mol. The highest BCUT2D eigenvalue weighted by molar-refractivity contribution is 6.20. The minimum Gasteiger partial charge on any atom is -0.376 e. The number of hydrogen-bond acceptors (Lipinski definition) is 4. The van der Waals surface area contributed by atoms with Gasteiger partial charge in [0, 0.05) is 12.7 Å². The molecule has 0 aliphatic carbocycles. The largest absolute Gasteiger partial charge is 0.376 e. The first-order valence-electron chi connectivity index (χ1n) is 6.21. The van der Waals surface area contributed by atoms with E-state index in [1.165, 1.54) is 0 Å². The second-order valence-corrected chi connectivity index (χ2v) is 5.30. The van der Waals surface area contributed by atoms with Crippen LogP contribution >= 0.6 is 11.6 Å². The summed E-state index contributed by atoms with van der Waals surface area (Å²) in [5.74, 6) is 0.795. The Morgan fingerprint density at radius 2 is 2.47 bits per heavy atom. The quantitative estimate of drug-likeness (QED) is 0.808. The van der Waals surface area contributed by atoms with Crippen molar-refractivity contribution >= 4 is 22.6 Å². The van der Waals surface area contributed by atoms with Crippen LogP contribution < -0.4 is 0 Å². The molecule has 0 saturated carbocycles. The molecule has 2 aromatic heterocycles. The molecule has 0 spiro atoms. The molecule has 0 N–H and O–H groups in total. The standard InChI is InChI=1S/C13H13ClN4O/c1-8(14)13-17-11-4-9(5-15)16-6-12(11)18(13)7-10-2-3-19-10/h4,6,8,10H,2-3,7H2,1H3/t8?,10-/m0/s1. The monoisotopic (exact) mass is 276 g/mol. The summed E-state index contributed by atoms with van der Waals surface area (Å²) in [6, 6.07) is 3.71. The molecule has 1 saturated heterocycles. The van der Waals surface area contributed by atoms with Crippen LogP contribution in [-0.2, 0) is 11.3 Å². The molecule has 1 unspecified atom stereocenters. The zero-order valence-electron chi connectivity index (χ0n) is 10.5. The first kappa shape index (κ1) is 12.4. The van der Waals surface area contributed by atoms with Crippen LogP contribution in [0, 0.1) is 11.3 Å². The number of halogens is 1. The summed E-state index contributed by atoms with van der Waals surface area (Å²) >= 11 is 6.19. The Kier molecular flexibility index (Phi) is 3.13. The van der Waals surface area contributed by atoms with Crippen molar-refractivity contribution < 1.29 is 4.74 Å². The van der Waals surface area contributed by atoms with Gasteiger partial charge >= 0.3 is 0 Å². The van der Waals surface area contributed by atoms with E-state index in [4.69, 9.17) is 21.6 Å². The maximum atomic E-state index is 8.88. The zero-order valence-corrected chi connectivity index (χ0v) is 11.3. The van der Waals surface area contributed by atoms with E-state index in [2.05, 4.69) is 9.97 Å². The van der Waals surface area contributed by atoms with Gasteiger partial charge in [0.05, 0.1) is 35.3 Å². The van der Waals surface area contributed by atoms with Crippen molar-refractivity contribution in [2.45, 2.75) is 31.4 Å². The lowest BCUT2D eigenvalue weighted by molar-refractivity contribution is -0.0590. The van der Waals surface area contributed by atoms with Gasteiger partial charge in [0.15, 0.2) is 0 Å². The van der Waals surface area contributed by atoms with E-state index in [1.54, 1.807) is 12.3 Å². The summed E-state index contributed by atoms with van der Waals surface area (Å²) in [5, 5.41) is 8.69. The van der Waals surface area contributed by atoms with Crippen LogP contribution in [0.1, 0.15) is 30.2 Å². The molecule has 19 heavy (non-hydrogen) atoms. The van der Waals surface area contributed by atoms with Crippen LogP contribution in [0.5, 0.6) is 0 Å². The van der Waals surface area contributed by atoms with Gasteiger partial charge in [0.25, 0.3) is 0 Å². The third-order valence-electron chi connectivity index (χ3n) is 3.31. The molecule has 0 aromatic carbocycles. The summed E-state index contributed by atoms with van der Waals surface area (Å²) in [7, 11) is 0. The van der Waals surface area contributed by atoms with Crippen LogP contribution in [0.2, 0.25) is 0 Å². The van der Waals surface area contributed by atoms with E-state index < -0.39 is 0 Å². The maximum Gasteiger partial charge on any atom is 0.142 e.